The van der Waals surface area contributed by atoms with E-state index in [9.17, 15) is 14.0 Å². The molecule has 152 valence electrons. The monoisotopic (exact) mass is 398 g/mol. The minimum Gasteiger partial charge on any atom is -0.368 e. The van der Waals surface area contributed by atoms with Gasteiger partial charge in [0.05, 0.1) is 5.69 Å². The lowest BCUT2D eigenvalue weighted by molar-refractivity contribution is -0.122. The van der Waals surface area contributed by atoms with Gasteiger partial charge in [-0.2, -0.15) is 0 Å². The van der Waals surface area contributed by atoms with E-state index in [-0.39, 0.29) is 34.8 Å². The first-order valence-electron chi connectivity index (χ1n) is 9.82. The molecule has 0 unspecified atom stereocenters. The topological polar surface area (TPSA) is 109 Å². The van der Waals surface area contributed by atoms with Gasteiger partial charge in [0.25, 0.3) is 5.91 Å². The second kappa shape index (κ2) is 8.10. The number of nitrogens with zero attached hydrogens (tertiary/aromatic N) is 3. The van der Waals surface area contributed by atoms with Gasteiger partial charge in [0.2, 0.25) is 5.91 Å². The lowest BCUT2D eigenvalue weighted by Gasteiger charge is -2.41. The summed E-state index contributed by atoms with van der Waals surface area (Å²) >= 11 is 0. The van der Waals surface area contributed by atoms with Gasteiger partial charge in [-0.1, -0.05) is 6.42 Å². The summed E-state index contributed by atoms with van der Waals surface area (Å²) in [6.45, 7) is 0.923. The average Bonchev–Trinajstić information content (AvgIpc) is 2.70. The van der Waals surface area contributed by atoms with Gasteiger partial charge in [0.15, 0.2) is 5.69 Å². The van der Waals surface area contributed by atoms with Crippen molar-refractivity contribution in [3.8, 4) is 0 Å². The maximum absolute atomic E-state index is 14.2. The number of halogens is 1. The summed E-state index contributed by atoms with van der Waals surface area (Å²) < 4.78 is 14.2. The average molecular weight is 398 g/mol. The van der Waals surface area contributed by atoms with Crippen LogP contribution < -0.4 is 16.0 Å². The van der Waals surface area contributed by atoms with Gasteiger partial charge in [0, 0.05) is 37.2 Å². The Kier molecular flexibility index (Phi) is 5.37. The fourth-order valence-corrected chi connectivity index (χ4v) is 3.80. The molecule has 0 radical (unpaired) electrons. The van der Waals surface area contributed by atoms with Crippen LogP contribution in [0.15, 0.2) is 30.5 Å². The van der Waals surface area contributed by atoms with Crippen LogP contribution in [0.2, 0.25) is 0 Å². The number of piperidine rings is 1. The summed E-state index contributed by atoms with van der Waals surface area (Å²) in [7, 11) is 0. The van der Waals surface area contributed by atoms with E-state index >= 15 is 0 Å². The molecule has 0 spiro atoms. The van der Waals surface area contributed by atoms with Gasteiger partial charge >= 0.3 is 0 Å². The van der Waals surface area contributed by atoms with Gasteiger partial charge in [-0.15, -0.1) is 10.2 Å². The van der Waals surface area contributed by atoms with Crippen molar-refractivity contribution < 1.29 is 14.0 Å². The summed E-state index contributed by atoms with van der Waals surface area (Å²) in [6, 6.07) is 6.21. The van der Waals surface area contributed by atoms with E-state index in [2.05, 4.69) is 31.1 Å². The molecule has 1 aliphatic heterocycles. The molecule has 29 heavy (non-hydrogen) atoms. The molecule has 2 fully saturated rings. The molecule has 1 saturated heterocycles. The third-order valence-corrected chi connectivity index (χ3v) is 5.68. The number of amides is 2. The van der Waals surface area contributed by atoms with Crippen LogP contribution in [0.1, 0.15) is 48.3 Å². The van der Waals surface area contributed by atoms with Crippen LogP contribution >= 0.6 is 0 Å². The first-order valence-corrected chi connectivity index (χ1v) is 9.82. The molecule has 2 aromatic heterocycles. The maximum atomic E-state index is 14.2. The zero-order chi connectivity index (χ0) is 20.3. The van der Waals surface area contributed by atoms with Crippen molar-refractivity contribution in [2.75, 3.05) is 18.4 Å². The summed E-state index contributed by atoms with van der Waals surface area (Å²) in [5.41, 5.74) is 0.359. The molecular formula is C20H23FN6O2. The highest BCUT2D eigenvalue weighted by molar-refractivity contribution is 5.92. The highest BCUT2D eigenvalue weighted by Gasteiger charge is 2.41. The number of anilines is 1. The predicted molar refractivity (Wildman–Crippen MR) is 104 cm³/mol. The molecule has 9 heteroatoms. The summed E-state index contributed by atoms with van der Waals surface area (Å²) in [6.07, 6.45) is 5.38. The molecule has 2 aromatic rings. The van der Waals surface area contributed by atoms with Crippen molar-refractivity contribution in [2.24, 2.45) is 0 Å². The van der Waals surface area contributed by atoms with Crippen molar-refractivity contribution >= 4 is 17.6 Å². The van der Waals surface area contributed by atoms with Crippen molar-refractivity contribution in [2.45, 2.75) is 43.6 Å². The Morgan fingerprint density at radius 2 is 2.14 bits per heavy atom. The molecule has 0 aromatic carbocycles. The van der Waals surface area contributed by atoms with E-state index < -0.39 is 0 Å². The van der Waals surface area contributed by atoms with Gasteiger partial charge in [0.1, 0.15) is 11.6 Å². The van der Waals surface area contributed by atoms with Crippen molar-refractivity contribution in [3.63, 3.8) is 0 Å². The number of hydrogen-bond acceptors (Lipinski definition) is 6. The zero-order valence-electron chi connectivity index (χ0n) is 15.9. The number of nitrogens with one attached hydrogen (secondary N) is 3. The lowest BCUT2D eigenvalue weighted by Crippen LogP contribution is -2.47. The molecule has 8 nitrogen and oxygen atoms in total. The molecule has 1 atom stereocenters. The molecule has 2 amide bonds. The number of pyridine rings is 1. The number of carbonyl (C=O) groups excluding carboxylic acids is 2. The van der Waals surface area contributed by atoms with E-state index in [1.54, 1.807) is 24.4 Å². The van der Waals surface area contributed by atoms with Crippen LogP contribution in [0.3, 0.4) is 0 Å². The standard InChI is InChI=1S/C20H23FN6O2/c21-14-3-1-10-22-18(14)20(8-2-9-20)12-24-16-6-5-15(26-27-16)19(29)25-13-4-7-17(28)23-11-13/h1,3,5-6,10,13H,2,4,7-9,11-12H2,(H,23,28)(H,24,27)(H,25,29)/t13-/m1/s1. The first kappa shape index (κ1) is 19.2. The summed E-state index contributed by atoms with van der Waals surface area (Å²) in [5.74, 6) is -0.0862. The van der Waals surface area contributed by atoms with Crippen molar-refractivity contribution in [1.29, 1.82) is 0 Å². The molecular weight excluding hydrogens is 375 g/mol. The van der Waals surface area contributed by atoms with Crippen LogP contribution in [0.5, 0.6) is 0 Å². The quantitative estimate of drug-likeness (QED) is 0.681. The van der Waals surface area contributed by atoms with E-state index in [1.165, 1.54) is 6.07 Å². The molecule has 0 bridgehead atoms. The first-order chi connectivity index (χ1) is 14.1. The highest BCUT2D eigenvalue weighted by atomic mass is 19.1. The lowest BCUT2D eigenvalue weighted by atomic mass is 9.66. The Bertz CT molecular complexity index is 890. The van der Waals surface area contributed by atoms with Crippen molar-refractivity contribution in [1.82, 2.24) is 25.8 Å². The van der Waals surface area contributed by atoms with Gasteiger partial charge in [-0.25, -0.2) is 4.39 Å². The number of hydrogen-bond donors (Lipinski definition) is 3. The fraction of sp³-hybridized carbons (Fsp3) is 0.450. The fourth-order valence-electron chi connectivity index (χ4n) is 3.80. The van der Waals surface area contributed by atoms with Crippen LogP contribution in [-0.2, 0) is 10.2 Å². The minimum absolute atomic E-state index is 0.000497. The highest BCUT2D eigenvalue weighted by Crippen LogP contribution is 2.43. The van der Waals surface area contributed by atoms with Gasteiger partial charge in [-0.3, -0.25) is 14.6 Å². The third kappa shape index (κ3) is 4.18. The molecule has 3 heterocycles. The van der Waals surface area contributed by atoms with E-state index in [0.717, 1.165) is 19.3 Å². The predicted octanol–water partition coefficient (Wildman–Crippen LogP) is 1.55. The Labute approximate surface area is 167 Å². The second-order valence-corrected chi connectivity index (χ2v) is 7.64. The number of aromatic nitrogens is 3. The maximum Gasteiger partial charge on any atom is 0.272 e. The van der Waals surface area contributed by atoms with Crippen LogP contribution in [0.4, 0.5) is 10.2 Å². The molecule has 2 aliphatic rings. The van der Waals surface area contributed by atoms with Crippen LogP contribution in [0, 0.1) is 5.82 Å². The Morgan fingerprint density at radius 1 is 1.28 bits per heavy atom. The van der Waals surface area contributed by atoms with Gasteiger partial charge < -0.3 is 16.0 Å². The third-order valence-electron chi connectivity index (χ3n) is 5.68. The SMILES string of the molecule is O=C1CC[C@@H](NC(=O)c2ccc(NCC3(c4ncccc4F)CCC3)nn2)CN1. The summed E-state index contributed by atoms with van der Waals surface area (Å²) in [5, 5.41) is 16.9. The Balaban J connectivity index is 1.35. The number of carbonyl (C=O) groups is 2. The summed E-state index contributed by atoms with van der Waals surface area (Å²) in [4.78, 5) is 27.7. The van der Waals surface area contributed by atoms with Crippen molar-refractivity contribution in [3.05, 3.63) is 47.7 Å². The van der Waals surface area contributed by atoms with Crippen LogP contribution in [-0.4, -0.2) is 46.1 Å². The Hall–Kier alpha value is -3.10. The number of rotatable bonds is 6. The normalized spacial score (nSPS) is 20.3. The van der Waals surface area contributed by atoms with E-state index in [4.69, 9.17) is 0 Å². The smallest absolute Gasteiger partial charge is 0.272 e. The van der Waals surface area contributed by atoms with Crippen LogP contribution in [0.25, 0.3) is 0 Å². The molecule has 1 aliphatic carbocycles. The largest absolute Gasteiger partial charge is 0.368 e. The Morgan fingerprint density at radius 3 is 2.76 bits per heavy atom. The minimum atomic E-state index is -0.339. The molecule has 3 N–H and O–H groups in total. The van der Waals surface area contributed by atoms with E-state index in [1.807, 2.05) is 0 Å². The molecule has 4 rings (SSSR count). The second-order valence-electron chi connectivity index (χ2n) is 7.64. The van der Waals surface area contributed by atoms with E-state index in [0.29, 0.717) is 37.4 Å². The van der Waals surface area contributed by atoms with Gasteiger partial charge in [-0.05, 0) is 43.5 Å². The molecule has 1 saturated carbocycles. The zero-order valence-corrected chi connectivity index (χ0v) is 15.9.